The Balaban J connectivity index is 2.31. The van der Waals surface area contributed by atoms with E-state index < -0.39 is 16.0 Å². The van der Waals surface area contributed by atoms with Gasteiger partial charge in [0.1, 0.15) is 5.25 Å². The molecule has 2 rings (SSSR count). The Hall–Kier alpha value is -1.36. The minimum atomic E-state index is -1.30. The minimum Gasteiger partial charge on any atom is -0.399 e. The van der Waals surface area contributed by atoms with Crippen LogP contribution in [0, 0.1) is 6.92 Å². The van der Waals surface area contributed by atoms with Crippen LogP contribution < -0.4 is 5.73 Å². The molecule has 2 unspecified atom stereocenters. The summed E-state index contributed by atoms with van der Waals surface area (Å²) in [5.74, 6) is -0.0369. The molecular weight excluding hydrogens is 236 g/mol. The van der Waals surface area contributed by atoms with Crippen LogP contribution in [0.5, 0.6) is 0 Å². The molecule has 4 nitrogen and oxygen atoms in total. The van der Waals surface area contributed by atoms with Crippen molar-refractivity contribution in [3.63, 3.8) is 0 Å². The maximum absolute atomic E-state index is 12.4. The molecule has 0 saturated carbocycles. The van der Waals surface area contributed by atoms with Crippen LogP contribution in [0.3, 0.4) is 0 Å². The summed E-state index contributed by atoms with van der Waals surface area (Å²) >= 11 is 0. The molecule has 1 heterocycles. The number of carbonyl (C=O) groups is 1. The quantitative estimate of drug-likeness (QED) is 0.796. The van der Waals surface area contributed by atoms with Crippen LogP contribution in [-0.4, -0.2) is 33.9 Å². The normalized spacial score (nSPS) is 21.9. The van der Waals surface area contributed by atoms with Gasteiger partial charge in [-0.2, -0.15) is 0 Å². The van der Waals surface area contributed by atoms with Crippen LogP contribution >= 0.6 is 0 Å². The highest BCUT2D eigenvalue weighted by Gasteiger charge is 2.35. The standard InChI is InChI=1S/C12H16N2O2S/c1-8-3-4-9(13)7-11(8)17(16)10-5-6-14(2)12(10)15/h3-4,7,10H,5-6,13H2,1-2H3. The Morgan fingerprint density at radius 2 is 2.18 bits per heavy atom. The third kappa shape index (κ3) is 2.20. The summed E-state index contributed by atoms with van der Waals surface area (Å²) in [6, 6.07) is 5.32. The highest BCUT2D eigenvalue weighted by atomic mass is 32.2. The van der Waals surface area contributed by atoms with Gasteiger partial charge in [-0.3, -0.25) is 9.00 Å². The number of likely N-dealkylation sites (tertiary alicyclic amines) is 1. The smallest absolute Gasteiger partial charge is 0.238 e. The summed E-state index contributed by atoms with van der Waals surface area (Å²) in [6.45, 7) is 2.56. The number of carbonyl (C=O) groups excluding carboxylic acids is 1. The van der Waals surface area contributed by atoms with Gasteiger partial charge in [0.2, 0.25) is 5.91 Å². The molecule has 0 radical (unpaired) electrons. The third-order valence-electron chi connectivity index (χ3n) is 3.07. The molecule has 0 bridgehead atoms. The van der Waals surface area contributed by atoms with Crippen LogP contribution in [-0.2, 0) is 15.6 Å². The molecule has 2 N–H and O–H groups in total. The molecule has 92 valence electrons. The molecule has 1 aromatic carbocycles. The maximum atomic E-state index is 12.4. The van der Waals surface area contributed by atoms with E-state index in [1.807, 2.05) is 13.0 Å². The summed E-state index contributed by atoms with van der Waals surface area (Å²) in [6.07, 6.45) is 0.649. The van der Waals surface area contributed by atoms with Crippen molar-refractivity contribution in [1.29, 1.82) is 0 Å². The second-order valence-corrected chi connectivity index (χ2v) is 5.96. The van der Waals surface area contributed by atoms with Crippen molar-refractivity contribution in [2.75, 3.05) is 19.3 Å². The number of aryl methyl sites for hydroxylation is 1. The molecule has 1 aromatic rings. The number of hydrogen-bond acceptors (Lipinski definition) is 3. The Kier molecular flexibility index (Phi) is 3.19. The van der Waals surface area contributed by atoms with E-state index in [1.165, 1.54) is 0 Å². The lowest BCUT2D eigenvalue weighted by atomic mass is 10.2. The second kappa shape index (κ2) is 4.49. The van der Waals surface area contributed by atoms with E-state index in [9.17, 15) is 9.00 Å². The Labute approximate surface area is 103 Å². The number of benzene rings is 1. The van der Waals surface area contributed by atoms with Crippen molar-refractivity contribution < 1.29 is 9.00 Å². The van der Waals surface area contributed by atoms with E-state index in [-0.39, 0.29) is 5.91 Å². The number of nitrogens with zero attached hydrogens (tertiary/aromatic N) is 1. The fourth-order valence-corrected chi connectivity index (χ4v) is 3.60. The van der Waals surface area contributed by atoms with E-state index in [0.717, 1.165) is 5.56 Å². The first kappa shape index (κ1) is 12.1. The fourth-order valence-electron chi connectivity index (χ4n) is 1.98. The second-order valence-electron chi connectivity index (χ2n) is 4.36. The first-order chi connectivity index (χ1) is 8.00. The first-order valence-electron chi connectivity index (χ1n) is 5.52. The Bertz CT molecular complexity index is 487. The molecule has 1 saturated heterocycles. The van der Waals surface area contributed by atoms with Crippen LogP contribution in [0.2, 0.25) is 0 Å². The summed E-state index contributed by atoms with van der Waals surface area (Å²) in [4.78, 5) is 14.1. The lowest BCUT2D eigenvalue weighted by Gasteiger charge is -2.12. The van der Waals surface area contributed by atoms with Gasteiger partial charge in [0, 0.05) is 24.2 Å². The lowest BCUT2D eigenvalue weighted by Crippen LogP contribution is -2.28. The average Bonchev–Trinajstić information content (AvgIpc) is 2.62. The molecular formula is C12H16N2O2S. The molecule has 17 heavy (non-hydrogen) atoms. The van der Waals surface area contributed by atoms with Gasteiger partial charge >= 0.3 is 0 Å². The topological polar surface area (TPSA) is 63.4 Å². The number of nitrogens with two attached hydrogens (primary N) is 1. The monoisotopic (exact) mass is 252 g/mol. The predicted molar refractivity (Wildman–Crippen MR) is 68.0 cm³/mol. The SMILES string of the molecule is Cc1ccc(N)cc1S(=O)C1CCN(C)C1=O. The van der Waals surface area contributed by atoms with Gasteiger partial charge in [-0.15, -0.1) is 0 Å². The van der Waals surface area contributed by atoms with Gasteiger partial charge in [0.25, 0.3) is 0 Å². The minimum absolute atomic E-state index is 0.0369. The molecule has 0 aromatic heterocycles. The van der Waals surface area contributed by atoms with Gasteiger partial charge in [0.15, 0.2) is 0 Å². The molecule has 1 fully saturated rings. The van der Waals surface area contributed by atoms with E-state index >= 15 is 0 Å². The number of amides is 1. The van der Waals surface area contributed by atoms with Crippen molar-refractivity contribution in [1.82, 2.24) is 4.90 Å². The third-order valence-corrected chi connectivity index (χ3v) is 4.89. The molecule has 1 aliphatic rings. The molecule has 0 spiro atoms. The van der Waals surface area contributed by atoms with Gasteiger partial charge < -0.3 is 10.6 Å². The summed E-state index contributed by atoms with van der Waals surface area (Å²) in [5, 5.41) is -0.416. The molecule has 1 aliphatic heterocycles. The summed E-state index contributed by atoms with van der Waals surface area (Å²) in [7, 11) is 0.439. The zero-order valence-electron chi connectivity index (χ0n) is 9.97. The van der Waals surface area contributed by atoms with Gasteiger partial charge in [-0.05, 0) is 31.0 Å². The van der Waals surface area contributed by atoms with Crippen molar-refractivity contribution in [3.05, 3.63) is 23.8 Å². The summed E-state index contributed by atoms with van der Waals surface area (Å²) in [5.41, 5.74) is 7.19. The average molecular weight is 252 g/mol. The maximum Gasteiger partial charge on any atom is 0.238 e. The zero-order valence-corrected chi connectivity index (χ0v) is 10.8. The molecule has 2 atom stereocenters. The van der Waals surface area contributed by atoms with Gasteiger partial charge in [0.05, 0.1) is 10.8 Å². The van der Waals surface area contributed by atoms with Gasteiger partial charge in [-0.1, -0.05) is 6.07 Å². The van der Waals surface area contributed by atoms with E-state index in [0.29, 0.717) is 23.5 Å². The van der Waals surface area contributed by atoms with Crippen LogP contribution in [0.25, 0.3) is 0 Å². The van der Waals surface area contributed by atoms with Crippen LogP contribution in [0.15, 0.2) is 23.1 Å². The van der Waals surface area contributed by atoms with E-state index in [4.69, 9.17) is 5.73 Å². The number of hydrogen-bond donors (Lipinski definition) is 1. The molecule has 5 heteroatoms. The van der Waals surface area contributed by atoms with E-state index in [2.05, 4.69) is 0 Å². The van der Waals surface area contributed by atoms with Crippen molar-refractivity contribution in [2.45, 2.75) is 23.5 Å². The Morgan fingerprint density at radius 1 is 1.47 bits per heavy atom. The number of nitrogen functional groups attached to an aromatic ring is 1. The van der Waals surface area contributed by atoms with Crippen molar-refractivity contribution in [3.8, 4) is 0 Å². The van der Waals surface area contributed by atoms with Crippen molar-refractivity contribution in [2.24, 2.45) is 0 Å². The van der Waals surface area contributed by atoms with Crippen molar-refractivity contribution >= 4 is 22.4 Å². The highest BCUT2D eigenvalue weighted by Crippen LogP contribution is 2.24. The fraction of sp³-hybridized carbons (Fsp3) is 0.417. The number of anilines is 1. The lowest BCUT2D eigenvalue weighted by molar-refractivity contribution is -0.126. The zero-order chi connectivity index (χ0) is 12.6. The first-order valence-corrected chi connectivity index (χ1v) is 6.73. The number of rotatable bonds is 2. The summed E-state index contributed by atoms with van der Waals surface area (Å²) < 4.78 is 12.4. The molecule has 1 amide bonds. The van der Waals surface area contributed by atoms with Gasteiger partial charge in [-0.25, -0.2) is 0 Å². The molecule has 0 aliphatic carbocycles. The van der Waals surface area contributed by atoms with E-state index in [1.54, 1.807) is 24.1 Å². The Morgan fingerprint density at radius 3 is 2.76 bits per heavy atom. The predicted octanol–water partition coefficient (Wildman–Crippen LogP) is 0.916. The van der Waals surface area contributed by atoms with Crippen LogP contribution in [0.4, 0.5) is 5.69 Å². The largest absolute Gasteiger partial charge is 0.399 e. The highest BCUT2D eigenvalue weighted by molar-refractivity contribution is 7.86. The van der Waals surface area contributed by atoms with Crippen LogP contribution in [0.1, 0.15) is 12.0 Å².